The summed E-state index contributed by atoms with van der Waals surface area (Å²) >= 11 is 1.37. The molecule has 21 heavy (non-hydrogen) atoms. The number of carbonyl (C=O) groups excluding carboxylic acids is 1. The Hall–Kier alpha value is -1.62. The third-order valence-electron chi connectivity index (χ3n) is 4.64. The van der Waals surface area contributed by atoms with Gasteiger partial charge in [0.25, 0.3) is 5.91 Å². The lowest BCUT2D eigenvalue weighted by Crippen LogP contribution is -2.39. The highest BCUT2D eigenvalue weighted by molar-refractivity contribution is 7.21. The van der Waals surface area contributed by atoms with Gasteiger partial charge in [0.1, 0.15) is 9.71 Å². The van der Waals surface area contributed by atoms with Crippen molar-refractivity contribution in [2.75, 3.05) is 5.73 Å². The summed E-state index contributed by atoms with van der Waals surface area (Å²) in [7, 11) is 0. The van der Waals surface area contributed by atoms with Gasteiger partial charge in [0.2, 0.25) is 0 Å². The lowest BCUT2D eigenvalue weighted by Gasteiger charge is -2.32. The molecule has 3 N–H and O–H groups in total. The second-order valence-corrected chi connectivity index (χ2v) is 7.14. The summed E-state index contributed by atoms with van der Waals surface area (Å²) in [5.74, 6) is 1.35. The summed E-state index contributed by atoms with van der Waals surface area (Å²) in [6.45, 7) is 4.55. The van der Waals surface area contributed by atoms with Crippen LogP contribution < -0.4 is 11.1 Å². The van der Waals surface area contributed by atoms with Crippen molar-refractivity contribution in [3.8, 4) is 0 Å². The minimum Gasteiger partial charge on any atom is -0.397 e. The maximum absolute atomic E-state index is 12.5. The summed E-state index contributed by atoms with van der Waals surface area (Å²) < 4.78 is 0. The Morgan fingerprint density at radius 2 is 2.19 bits per heavy atom. The number of nitrogen functional groups attached to an aromatic ring is 1. The number of rotatable bonds is 2. The Morgan fingerprint density at radius 3 is 2.90 bits per heavy atom. The molecule has 2 heterocycles. The van der Waals surface area contributed by atoms with Crippen molar-refractivity contribution in [2.45, 2.75) is 39.2 Å². The van der Waals surface area contributed by atoms with Crippen molar-refractivity contribution in [3.05, 3.63) is 23.2 Å². The summed E-state index contributed by atoms with van der Waals surface area (Å²) in [6, 6.07) is 4.02. The third kappa shape index (κ3) is 2.75. The van der Waals surface area contributed by atoms with Crippen LogP contribution in [0.2, 0.25) is 0 Å². The number of nitrogens with zero attached hydrogens (tertiary/aromatic N) is 1. The molecule has 1 aliphatic carbocycles. The predicted molar refractivity (Wildman–Crippen MR) is 87.5 cm³/mol. The van der Waals surface area contributed by atoms with Crippen molar-refractivity contribution in [1.29, 1.82) is 0 Å². The first-order chi connectivity index (χ1) is 10.1. The van der Waals surface area contributed by atoms with Crippen molar-refractivity contribution in [3.63, 3.8) is 0 Å². The molecule has 0 radical (unpaired) electrons. The number of hydrogen-bond donors (Lipinski definition) is 2. The van der Waals surface area contributed by atoms with E-state index in [4.69, 9.17) is 5.73 Å². The molecule has 0 aromatic carbocycles. The Labute approximate surface area is 128 Å². The molecule has 5 heteroatoms. The Morgan fingerprint density at radius 1 is 1.38 bits per heavy atom. The lowest BCUT2D eigenvalue weighted by atomic mass is 9.79. The zero-order chi connectivity index (χ0) is 15.0. The average Bonchev–Trinajstić information content (AvgIpc) is 2.81. The number of carbonyl (C=O) groups is 1. The number of pyridine rings is 1. The topological polar surface area (TPSA) is 68.0 Å². The number of thiophene rings is 1. The predicted octanol–water partition coefficient (Wildman–Crippen LogP) is 3.43. The maximum atomic E-state index is 12.5. The van der Waals surface area contributed by atoms with Gasteiger partial charge < -0.3 is 11.1 Å². The van der Waals surface area contributed by atoms with Gasteiger partial charge in [-0.15, -0.1) is 11.3 Å². The molecule has 1 amide bonds. The van der Waals surface area contributed by atoms with Crippen molar-refractivity contribution >= 4 is 33.1 Å². The number of fused-ring (bicyclic) bond motifs is 1. The summed E-state index contributed by atoms with van der Waals surface area (Å²) in [5.41, 5.74) is 6.66. The highest BCUT2D eigenvalue weighted by atomic mass is 32.1. The largest absolute Gasteiger partial charge is 0.397 e. The monoisotopic (exact) mass is 303 g/mol. The summed E-state index contributed by atoms with van der Waals surface area (Å²) in [6.07, 6.45) is 5.01. The molecule has 0 aliphatic heterocycles. The highest BCUT2D eigenvalue weighted by Gasteiger charge is 2.27. The molecule has 3 rings (SSSR count). The van der Waals surface area contributed by atoms with E-state index in [9.17, 15) is 4.79 Å². The van der Waals surface area contributed by atoms with E-state index in [1.807, 2.05) is 12.1 Å². The van der Waals surface area contributed by atoms with E-state index >= 15 is 0 Å². The number of hydrogen-bond acceptors (Lipinski definition) is 4. The SMILES string of the molecule is CC1CCC(NC(=O)c2sc3ncccc3c2N)CC1C. The number of nitrogens with two attached hydrogens (primary N) is 1. The van der Waals surface area contributed by atoms with E-state index in [2.05, 4.69) is 24.1 Å². The number of nitrogens with one attached hydrogen (secondary N) is 1. The van der Waals surface area contributed by atoms with Crippen LogP contribution in [-0.4, -0.2) is 16.9 Å². The molecule has 0 saturated heterocycles. The zero-order valence-electron chi connectivity index (χ0n) is 12.4. The van der Waals surface area contributed by atoms with Crippen molar-refractivity contribution < 1.29 is 4.79 Å². The molecule has 3 unspecified atom stereocenters. The minimum atomic E-state index is -0.0535. The van der Waals surface area contributed by atoms with Gasteiger partial charge in [-0.3, -0.25) is 4.79 Å². The van der Waals surface area contributed by atoms with Crippen molar-refractivity contribution in [2.24, 2.45) is 11.8 Å². The summed E-state index contributed by atoms with van der Waals surface area (Å²) in [5, 5.41) is 4.03. The molecular weight excluding hydrogens is 282 g/mol. The van der Waals surface area contributed by atoms with Crippen molar-refractivity contribution in [1.82, 2.24) is 10.3 Å². The smallest absolute Gasteiger partial charge is 0.263 e. The first kappa shape index (κ1) is 14.3. The molecule has 1 aliphatic rings. The fourth-order valence-corrected chi connectivity index (χ4v) is 4.02. The van der Waals surface area contributed by atoms with Gasteiger partial charge in [0.05, 0.1) is 5.69 Å². The van der Waals surface area contributed by atoms with Crippen LogP contribution in [-0.2, 0) is 0 Å². The van der Waals surface area contributed by atoms with Gasteiger partial charge in [-0.05, 0) is 43.2 Å². The third-order valence-corrected chi connectivity index (χ3v) is 5.77. The van der Waals surface area contributed by atoms with Crippen LogP contribution in [0.1, 0.15) is 42.8 Å². The van der Waals surface area contributed by atoms with Crippen LogP contribution >= 0.6 is 11.3 Å². The van der Waals surface area contributed by atoms with Gasteiger partial charge >= 0.3 is 0 Å². The lowest BCUT2D eigenvalue weighted by molar-refractivity contribution is 0.0915. The van der Waals surface area contributed by atoms with Crippen LogP contribution in [0.4, 0.5) is 5.69 Å². The fourth-order valence-electron chi connectivity index (χ4n) is 3.05. The fraction of sp³-hybridized carbons (Fsp3) is 0.500. The van der Waals surface area contributed by atoms with Gasteiger partial charge in [-0.1, -0.05) is 13.8 Å². The van der Waals surface area contributed by atoms with E-state index in [0.717, 1.165) is 29.0 Å². The van der Waals surface area contributed by atoms with Crippen LogP contribution in [0.25, 0.3) is 10.2 Å². The van der Waals surface area contributed by atoms with Gasteiger partial charge in [-0.2, -0.15) is 0 Å². The highest BCUT2D eigenvalue weighted by Crippen LogP contribution is 2.33. The minimum absolute atomic E-state index is 0.0535. The molecule has 0 spiro atoms. The number of amides is 1. The second kappa shape index (κ2) is 5.64. The normalized spacial score (nSPS) is 25.9. The molecular formula is C16H21N3OS. The first-order valence-corrected chi connectivity index (χ1v) is 8.31. The van der Waals surface area contributed by atoms with Crippen LogP contribution in [0.5, 0.6) is 0 Å². The molecule has 1 saturated carbocycles. The number of aromatic nitrogens is 1. The molecule has 1 fully saturated rings. The average molecular weight is 303 g/mol. The van der Waals surface area contributed by atoms with Gasteiger partial charge in [0, 0.05) is 17.6 Å². The van der Waals surface area contributed by atoms with Crippen LogP contribution in [0.3, 0.4) is 0 Å². The molecule has 0 bridgehead atoms. The van der Waals surface area contributed by atoms with E-state index < -0.39 is 0 Å². The molecule has 3 atom stereocenters. The second-order valence-electron chi connectivity index (χ2n) is 6.14. The maximum Gasteiger partial charge on any atom is 0.263 e. The molecule has 2 aromatic rings. The van der Waals surface area contributed by atoms with E-state index in [1.165, 1.54) is 17.8 Å². The standard InChI is InChI=1S/C16H21N3OS/c1-9-5-6-11(8-10(9)2)19-15(20)14-13(17)12-4-3-7-18-16(12)21-14/h3-4,7,9-11H,5-6,8,17H2,1-2H3,(H,19,20). The van der Waals surface area contributed by atoms with Gasteiger partial charge in [-0.25, -0.2) is 4.98 Å². The van der Waals surface area contributed by atoms with Crippen LogP contribution in [0.15, 0.2) is 18.3 Å². The number of anilines is 1. The van der Waals surface area contributed by atoms with Gasteiger partial charge in [0.15, 0.2) is 0 Å². The Bertz CT molecular complexity index is 667. The molecule has 4 nitrogen and oxygen atoms in total. The van der Waals surface area contributed by atoms with E-state index in [0.29, 0.717) is 16.5 Å². The van der Waals surface area contributed by atoms with E-state index in [-0.39, 0.29) is 11.9 Å². The quantitative estimate of drug-likeness (QED) is 0.893. The molecule has 112 valence electrons. The Kier molecular flexibility index (Phi) is 3.85. The van der Waals surface area contributed by atoms with E-state index in [1.54, 1.807) is 6.20 Å². The summed E-state index contributed by atoms with van der Waals surface area (Å²) in [4.78, 5) is 18.2. The zero-order valence-corrected chi connectivity index (χ0v) is 13.2. The molecule has 2 aromatic heterocycles. The first-order valence-electron chi connectivity index (χ1n) is 7.50. The Balaban J connectivity index is 1.77. The van der Waals surface area contributed by atoms with Crippen LogP contribution in [0, 0.1) is 11.8 Å².